The monoisotopic (exact) mass is 445 g/mol. The fourth-order valence-electron chi connectivity index (χ4n) is 3.76. The topological polar surface area (TPSA) is 122 Å². The van der Waals surface area contributed by atoms with Gasteiger partial charge in [-0.05, 0) is 39.3 Å². The van der Waals surface area contributed by atoms with Crippen LogP contribution in [0, 0.1) is 0 Å². The van der Waals surface area contributed by atoms with E-state index in [-0.39, 0.29) is 49.6 Å². The number of fused-ring (bicyclic) bond motifs is 1. The number of anilines is 1. The molecule has 2 heterocycles. The van der Waals surface area contributed by atoms with Gasteiger partial charge in [-0.15, -0.1) is 0 Å². The Kier molecular flexibility index (Phi) is 6.63. The molecule has 0 bridgehead atoms. The second-order valence-corrected chi connectivity index (χ2v) is 8.58. The van der Waals surface area contributed by atoms with Crippen molar-refractivity contribution in [2.45, 2.75) is 45.3 Å². The van der Waals surface area contributed by atoms with Crippen LogP contribution in [0.4, 0.5) is 5.69 Å². The fourth-order valence-corrected chi connectivity index (χ4v) is 3.76. The molecule has 1 N–H and O–H groups in total. The molecule has 32 heavy (non-hydrogen) atoms. The summed E-state index contributed by atoms with van der Waals surface area (Å²) in [5.74, 6) is -2.73. The van der Waals surface area contributed by atoms with Crippen molar-refractivity contribution in [2.75, 3.05) is 32.1 Å². The number of imide groups is 2. The van der Waals surface area contributed by atoms with E-state index in [4.69, 9.17) is 9.47 Å². The normalized spacial score (nSPS) is 18.8. The molecule has 10 nitrogen and oxygen atoms in total. The molecule has 1 saturated heterocycles. The maximum absolute atomic E-state index is 13.2. The molecule has 10 heteroatoms. The van der Waals surface area contributed by atoms with Gasteiger partial charge in [0.25, 0.3) is 17.7 Å². The predicted molar refractivity (Wildman–Crippen MR) is 113 cm³/mol. The number of benzene rings is 1. The van der Waals surface area contributed by atoms with Crippen LogP contribution in [-0.2, 0) is 23.9 Å². The molecular formula is C22H27N3O7. The van der Waals surface area contributed by atoms with Gasteiger partial charge in [0.1, 0.15) is 18.2 Å². The van der Waals surface area contributed by atoms with E-state index in [1.165, 1.54) is 13.2 Å². The number of nitrogens with one attached hydrogen (secondary N) is 1. The number of nitrogens with zero attached hydrogens (tertiary/aromatic N) is 2. The van der Waals surface area contributed by atoms with Crippen molar-refractivity contribution in [1.82, 2.24) is 9.80 Å². The molecule has 1 unspecified atom stereocenters. The molecule has 1 fully saturated rings. The van der Waals surface area contributed by atoms with E-state index in [1.807, 2.05) is 0 Å². The number of rotatable bonds is 7. The summed E-state index contributed by atoms with van der Waals surface area (Å²) in [6.45, 7) is 5.24. The molecular weight excluding hydrogens is 418 g/mol. The van der Waals surface area contributed by atoms with Crippen molar-refractivity contribution in [3.05, 3.63) is 29.3 Å². The molecule has 172 valence electrons. The van der Waals surface area contributed by atoms with Crippen LogP contribution in [0.3, 0.4) is 0 Å². The quantitative estimate of drug-likeness (QED) is 0.491. The number of hydrogen-bond acceptors (Lipinski definition) is 8. The van der Waals surface area contributed by atoms with E-state index in [1.54, 1.807) is 32.9 Å². The average molecular weight is 445 g/mol. The predicted octanol–water partition coefficient (Wildman–Crippen LogP) is 1.20. The molecule has 0 aliphatic carbocycles. The Labute approximate surface area is 185 Å². The van der Waals surface area contributed by atoms with Gasteiger partial charge in [-0.25, -0.2) is 0 Å². The van der Waals surface area contributed by atoms with Gasteiger partial charge in [-0.1, -0.05) is 6.07 Å². The molecule has 4 amide bonds. The van der Waals surface area contributed by atoms with E-state index in [0.29, 0.717) is 5.69 Å². The number of hydrogen-bond donors (Lipinski definition) is 1. The Morgan fingerprint density at radius 3 is 2.53 bits per heavy atom. The molecule has 3 rings (SSSR count). The summed E-state index contributed by atoms with van der Waals surface area (Å²) in [4.78, 5) is 65.3. The Bertz CT molecular complexity index is 967. The third-order valence-electron chi connectivity index (χ3n) is 5.10. The largest absolute Gasteiger partial charge is 0.459 e. The maximum Gasteiger partial charge on any atom is 0.325 e. The summed E-state index contributed by atoms with van der Waals surface area (Å²) < 4.78 is 10.2. The molecule has 1 atom stereocenters. The van der Waals surface area contributed by atoms with Crippen LogP contribution in [0.1, 0.15) is 54.3 Å². The lowest BCUT2D eigenvalue weighted by molar-refractivity contribution is -0.153. The summed E-state index contributed by atoms with van der Waals surface area (Å²) in [5.41, 5.74) is -0.135. The first-order valence-corrected chi connectivity index (χ1v) is 10.3. The van der Waals surface area contributed by atoms with Crippen molar-refractivity contribution in [3.63, 3.8) is 0 Å². The second-order valence-electron chi connectivity index (χ2n) is 8.58. The van der Waals surface area contributed by atoms with Gasteiger partial charge in [0.05, 0.1) is 24.3 Å². The van der Waals surface area contributed by atoms with Gasteiger partial charge in [0, 0.05) is 19.2 Å². The lowest BCUT2D eigenvalue weighted by atomic mass is 10.0. The number of amides is 4. The smallest absolute Gasteiger partial charge is 0.325 e. The Balaban J connectivity index is 1.81. The van der Waals surface area contributed by atoms with E-state index in [9.17, 15) is 24.0 Å². The van der Waals surface area contributed by atoms with Crippen LogP contribution in [0.15, 0.2) is 18.2 Å². The van der Waals surface area contributed by atoms with Crippen molar-refractivity contribution in [1.29, 1.82) is 0 Å². The van der Waals surface area contributed by atoms with Gasteiger partial charge in [-0.2, -0.15) is 0 Å². The molecule has 0 radical (unpaired) electrons. The van der Waals surface area contributed by atoms with E-state index < -0.39 is 35.3 Å². The molecule has 2 aliphatic rings. The van der Waals surface area contributed by atoms with Gasteiger partial charge >= 0.3 is 5.97 Å². The fraction of sp³-hybridized carbons (Fsp3) is 0.500. The molecule has 0 aromatic heterocycles. The highest BCUT2D eigenvalue weighted by Gasteiger charge is 2.47. The lowest BCUT2D eigenvalue weighted by Gasteiger charge is -2.34. The summed E-state index contributed by atoms with van der Waals surface area (Å²) in [6, 6.07) is 3.59. The highest BCUT2D eigenvalue weighted by Crippen LogP contribution is 2.33. The number of esters is 1. The first-order valence-electron chi connectivity index (χ1n) is 10.3. The van der Waals surface area contributed by atoms with Crippen molar-refractivity contribution in [3.8, 4) is 0 Å². The SMILES string of the molecule is COCCN1C(=O)CCC(N2C(=O)c3cccc(NCC(=O)OC(C)(C)C)c3C2=O)C1=O. The van der Waals surface area contributed by atoms with Gasteiger partial charge in [-0.3, -0.25) is 33.8 Å². The van der Waals surface area contributed by atoms with E-state index in [0.717, 1.165) is 9.80 Å². The van der Waals surface area contributed by atoms with E-state index >= 15 is 0 Å². The maximum atomic E-state index is 13.2. The van der Waals surface area contributed by atoms with E-state index in [2.05, 4.69) is 5.32 Å². The summed E-state index contributed by atoms with van der Waals surface area (Å²) in [7, 11) is 1.45. The molecule has 2 aliphatic heterocycles. The minimum absolute atomic E-state index is 0.0390. The second kappa shape index (κ2) is 9.07. The zero-order valence-corrected chi connectivity index (χ0v) is 18.6. The van der Waals surface area contributed by atoms with Gasteiger partial charge < -0.3 is 14.8 Å². The van der Waals surface area contributed by atoms with Crippen LogP contribution < -0.4 is 5.32 Å². The van der Waals surface area contributed by atoms with Crippen LogP contribution in [0.5, 0.6) is 0 Å². The average Bonchev–Trinajstić information content (AvgIpc) is 2.96. The number of methoxy groups -OCH3 is 1. The molecule has 0 saturated carbocycles. The van der Waals surface area contributed by atoms with Crippen LogP contribution >= 0.6 is 0 Å². The zero-order chi connectivity index (χ0) is 23.6. The van der Waals surface area contributed by atoms with Crippen molar-refractivity contribution >= 4 is 35.3 Å². The third-order valence-corrected chi connectivity index (χ3v) is 5.10. The number of ether oxygens (including phenoxy) is 2. The Morgan fingerprint density at radius 1 is 1.16 bits per heavy atom. The number of carbonyl (C=O) groups is 5. The number of likely N-dealkylation sites (tertiary alicyclic amines) is 1. The Hall–Kier alpha value is -3.27. The lowest BCUT2D eigenvalue weighted by Crippen LogP contribution is -2.56. The third kappa shape index (κ3) is 4.64. The van der Waals surface area contributed by atoms with Crippen molar-refractivity contribution < 1.29 is 33.4 Å². The Morgan fingerprint density at radius 2 is 1.88 bits per heavy atom. The first-order chi connectivity index (χ1) is 15.0. The summed E-state index contributed by atoms with van der Waals surface area (Å²) in [5, 5.41) is 2.86. The first kappa shape index (κ1) is 23.4. The highest BCUT2D eigenvalue weighted by atomic mass is 16.6. The van der Waals surface area contributed by atoms with Crippen LogP contribution in [0.25, 0.3) is 0 Å². The summed E-state index contributed by atoms with van der Waals surface area (Å²) >= 11 is 0. The number of piperidine rings is 1. The molecule has 0 spiro atoms. The van der Waals surface area contributed by atoms with Crippen LogP contribution in [-0.4, -0.2) is 77.8 Å². The molecule has 1 aromatic rings. The summed E-state index contributed by atoms with van der Waals surface area (Å²) in [6.07, 6.45) is 0.102. The minimum atomic E-state index is -1.07. The standard InChI is InChI=1S/C22H27N3O7/c1-22(2,3)32-17(27)12-23-14-7-5-6-13-18(14)21(30)25(19(13)28)15-8-9-16(26)24(20(15)29)10-11-31-4/h5-7,15,23H,8-12H2,1-4H3. The van der Waals surface area contributed by atoms with Gasteiger partial charge in [0.15, 0.2) is 0 Å². The zero-order valence-electron chi connectivity index (χ0n) is 18.6. The highest BCUT2D eigenvalue weighted by molar-refractivity contribution is 6.25. The number of carbonyl (C=O) groups excluding carboxylic acids is 5. The van der Waals surface area contributed by atoms with Crippen LogP contribution in [0.2, 0.25) is 0 Å². The van der Waals surface area contributed by atoms with Gasteiger partial charge in [0.2, 0.25) is 5.91 Å². The van der Waals surface area contributed by atoms with Crippen molar-refractivity contribution in [2.24, 2.45) is 0 Å². The minimum Gasteiger partial charge on any atom is -0.459 e. The molecule has 1 aromatic carbocycles.